The number of hydrogen-bond donors (Lipinski definition) is 3. The van der Waals surface area contributed by atoms with Crippen LogP contribution in [0.25, 0.3) is 11.0 Å². The number of amides is 1. The second-order valence-electron chi connectivity index (χ2n) is 5.97. The lowest BCUT2D eigenvalue weighted by atomic mass is 10.1. The summed E-state index contributed by atoms with van der Waals surface area (Å²) in [6.45, 7) is 5.81. The van der Waals surface area contributed by atoms with E-state index in [0.717, 1.165) is 5.56 Å². The van der Waals surface area contributed by atoms with Gasteiger partial charge >= 0.3 is 17.2 Å². The van der Waals surface area contributed by atoms with Crippen LogP contribution in [0.4, 0.5) is 4.79 Å². The van der Waals surface area contributed by atoms with E-state index in [4.69, 9.17) is 4.74 Å². The molecule has 1 aromatic heterocycles. The van der Waals surface area contributed by atoms with Crippen molar-refractivity contribution in [2.75, 3.05) is 6.54 Å². The molecule has 0 saturated heterocycles. The Bertz CT molecular complexity index is 799. The summed E-state index contributed by atoms with van der Waals surface area (Å²) in [5.41, 5.74) is 0.153. The Morgan fingerprint density at radius 2 is 1.77 bits per heavy atom. The molecule has 22 heavy (non-hydrogen) atoms. The van der Waals surface area contributed by atoms with Gasteiger partial charge in [-0.25, -0.2) is 4.79 Å². The fraction of sp³-hybridized carbons (Fsp3) is 0.400. The van der Waals surface area contributed by atoms with Crippen LogP contribution in [0, 0.1) is 0 Å². The first kappa shape index (κ1) is 15.8. The molecule has 3 N–H and O–H groups in total. The fourth-order valence-electron chi connectivity index (χ4n) is 1.94. The molecule has 0 fully saturated rings. The number of benzene rings is 1. The molecule has 7 nitrogen and oxygen atoms in total. The molecule has 0 aliphatic carbocycles. The van der Waals surface area contributed by atoms with Gasteiger partial charge in [0.05, 0.1) is 11.0 Å². The van der Waals surface area contributed by atoms with Crippen molar-refractivity contribution < 1.29 is 9.53 Å². The predicted molar refractivity (Wildman–Crippen MR) is 83.1 cm³/mol. The van der Waals surface area contributed by atoms with E-state index in [1.165, 1.54) is 0 Å². The van der Waals surface area contributed by atoms with E-state index in [-0.39, 0.29) is 0 Å². The summed E-state index contributed by atoms with van der Waals surface area (Å²) in [5.74, 6) is 0. The van der Waals surface area contributed by atoms with E-state index in [2.05, 4.69) is 15.3 Å². The van der Waals surface area contributed by atoms with Crippen LogP contribution in [0.15, 0.2) is 27.8 Å². The summed E-state index contributed by atoms with van der Waals surface area (Å²) < 4.78 is 5.14. The average Bonchev–Trinajstić information content (AvgIpc) is 2.38. The monoisotopic (exact) mass is 305 g/mol. The molecule has 2 rings (SSSR count). The number of ether oxygens (including phenoxy) is 1. The molecule has 0 aliphatic heterocycles. The molecule has 0 radical (unpaired) electrons. The molecule has 1 aromatic carbocycles. The number of rotatable bonds is 3. The van der Waals surface area contributed by atoms with Crippen LogP contribution in [-0.4, -0.2) is 28.2 Å². The molecule has 118 valence electrons. The Morgan fingerprint density at radius 3 is 2.41 bits per heavy atom. The molecule has 0 spiro atoms. The van der Waals surface area contributed by atoms with Gasteiger partial charge in [-0.3, -0.25) is 9.59 Å². The summed E-state index contributed by atoms with van der Waals surface area (Å²) >= 11 is 0. The maximum Gasteiger partial charge on any atom is 0.407 e. The van der Waals surface area contributed by atoms with Crippen LogP contribution in [0.1, 0.15) is 26.3 Å². The van der Waals surface area contributed by atoms with Crippen molar-refractivity contribution in [2.45, 2.75) is 32.8 Å². The second-order valence-corrected chi connectivity index (χ2v) is 5.97. The maximum atomic E-state index is 11.5. The number of carbonyl (C=O) groups excluding carboxylic acids is 1. The fourth-order valence-corrected chi connectivity index (χ4v) is 1.94. The molecule has 7 heteroatoms. The molecule has 0 bridgehead atoms. The van der Waals surface area contributed by atoms with Gasteiger partial charge in [-0.05, 0) is 44.9 Å². The highest BCUT2D eigenvalue weighted by Crippen LogP contribution is 2.10. The molecule has 0 aliphatic rings. The van der Waals surface area contributed by atoms with Gasteiger partial charge in [0.2, 0.25) is 0 Å². The van der Waals surface area contributed by atoms with Crippen molar-refractivity contribution >= 4 is 17.1 Å². The smallest absolute Gasteiger partial charge is 0.407 e. The summed E-state index contributed by atoms with van der Waals surface area (Å²) in [6.07, 6.45) is 0.113. The highest BCUT2D eigenvalue weighted by atomic mass is 16.6. The largest absolute Gasteiger partial charge is 0.444 e. The Balaban J connectivity index is 2.01. The molecular weight excluding hydrogens is 286 g/mol. The Morgan fingerprint density at radius 1 is 1.14 bits per heavy atom. The van der Waals surface area contributed by atoms with Gasteiger partial charge in [0.25, 0.3) is 0 Å². The van der Waals surface area contributed by atoms with Gasteiger partial charge in [-0.15, -0.1) is 0 Å². The molecule has 1 amide bonds. The van der Waals surface area contributed by atoms with E-state index in [1.807, 2.05) is 6.07 Å². The second kappa shape index (κ2) is 6.05. The van der Waals surface area contributed by atoms with Crippen LogP contribution in [-0.2, 0) is 11.2 Å². The first-order valence-electron chi connectivity index (χ1n) is 6.97. The quantitative estimate of drug-likeness (QED) is 0.743. The lowest BCUT2D eigenvalue weighted by Gasteiger charge is -2.19. The average molecular weight is 305 g/mol. The molecule has 2 aromatic rings. The van der Waals surface area contributed by atoms with Crippen LogP contribution in [0.2, 0.25) is 0 Å². The van der Waals surface area contributed by atoms with Crippen LogP contribution in [0.3, 0.4) is 0 Å². The topological polar surface area (TPSA) is 104 Å². The Kier molecular flexibility index (Phi) is 4.35. The van der Waals surface area contributed by atoms with Crippen molar-refractivity contribution in [3.05, 3.63) is 44.5 Å². The zero-order chi connectivity index (χ0) is 16.3. The van der Waals surface area contributed by atoms with Crippen LogP contribution < -0.4 is 16.4 Å². The van der Waals surface area contributed by atoms with E-state index in [9.17, 15) is 14.4 Å². The van der Waals surface area contributed by atoms with Crippen molar-refractivity contribution in [2.24, 2.45) is 0 Å². The highest BCUT2D eigenvalue weighted by molar-refractivity contribution is 5.74. The minimum atomic E-state index is -0.684. The number of aromatic amines is 2. The third kappa shape index (κ3) is 4.21. The summed E-state index contributed by atoms with van der Waals surface area (Å²) in [6, 6.07) is 5.31. The van der Waals surface area contributed by atoms with E-state index in [0.29, 0.717) is 24.0 Å². The molecule has 0 atom stereocenters. The lowest BCUT2D eigenvalue weighted by Crippen LogP contribution is -2.33. The van der Waals surface area contributed by atoms with E-state index < -0.39 is 22.8 Å². The van der Waals surface area contributed by atoms with Gasteiger partial charge < -0.3 is 20.0 Å². The van der Waals surface area contributed by atoms with Crippen molar-refractivity contribution in [1.29, 1.82) is 0 Å². The summed E-state index contributed by atoms with van der Waals surface area (Å²) in [5, 5.41) is 2.67. The number of alkyl carbamates (subject to hydrolysis) is 1. The lowest BCUT2D eigenvalue weighted by molar-refractivity contribution is 0.0528. The van der Waals surface area contributed by atoms with Gasteiger partial charge in [0.1, 0.15) is 5.60 Å². The molecular formula is C15H19N3O4. The zero-order valence-corrected chi connectivity index (χ0v) is 12.8. The minimum Gasteiger partial charge on any atom is -0.444 e. The Hall–Kier alpha value is -2.57. The SMILES string of the molecule is CC(C)(C)OC(=O)NCCc1ccc2[nH]c(=O)c(=O)[nH]c2c1. The molecule has 0 saturated carbocycles. The third-order valence-corrected chi connectivity index (χ3v) is 2.87. The number of hydrogen-bond acceptors (Lipinski definition) is 4. The number of nitrogens with one attached hydrogen (secondary N) is 3. The minimum absolute atomic E-state index is 0.411. The number of carbonyl (C=O) groups is 1. The molecule has 1 heterocycles. The predicted octanol–water partition coefficient (Wildman–Crippen LogP) is 1.28. The van der Waals surface area contributed by atoms with Gasteiger partial charge in [-0.1, -0.05) is 6.07 Å². The van der Waals surface area contributed by atoms with Crippen molar-refractivity contribution in [3.8, 4) is 0 Å². The normalized spacial score (nSPS) is 11.4. The maximum absolute atomic E-state index is 11.5. The zero-order valence-electron chi connectivity index (χ0n) is 12.8. The van der Waals surface area contributed by atoms with E-state index >= 15 is 0 Å². The van der Waals surface area contributed by atoms with Gasteiger partial charge in [-0.2, -0.15) is 0 Å². The van der Waals surface area contributed by atoms with Crippen molar-refractivity contribution in [1.82, 2.24) is 15.3 Å². The standard InChI is InChI=1S/C15H19N3O4/c1-15(2,3)22-14(21)16-7-6-9-4-5-10-11(8-9)18-13(20)12(19)17-10/h4-5,8H,6-7H2,1-3H3,(H,16,21)(H,17,19)(H,18,20). The first-order chi connectivity index (χ1) is 10.2. The Labute approximate surface area is 126 Å². The number of fused-ring (bicyclic) bond motifs is 1. The van der Waals surface area contributed by atoms with Gasteiger partial charge in [0.15, 0.2) is 0 Å². The number of H-pyrrole nitrogens is 2. The highest BCUT2D eigenvalue weighted by Gasteiger charge is 2.15. The van der Waals surface area contributed by atoms with Crippen LogP contribution in [0.5, 0.6) is 0 Å². The van der Waals surface area contributed by atoms with Crippen molar-refractivity contribution in [3.63, 3.8) is 0 Å². The number of aromatic nitrogens is 2. The summed E-state index contributed by atoms with van der Waals surface area (Å²) in [7, 11) is 0. The van der Waals surface area contributed by atoms with Gasteiger partial charge in [0, 0.05) is 6.54 Å². The molecule has 0 unspecified atom stereocenters. The van der Waals surface area contributed by atoms with Crippen LogP contribution >= 0.6 is 0 Å². The summed E-state index contributed by atoms with van der Waals surface area (Å²) in [4.78, 5) is 39.1. The first-order valence-corrected chi connectivity index (χ1v) is 6.97. The van der Waals surface area contributed by atoms with E-state index in [1.54, 1.807) is 32.9 Å². The third-order valence-electron chi connectivity index (χ3n) is 2.87.